The average molecular weight is 218 g/mol. The van der Waals surface area contributed by atoms with Crippen molar-refractivity contribution in [2.24, 2.45) is 0 Å². The first-order valence-electron chi connectivity index (χ1n) is 5.93. The van der Waals surface area contributed by atoms with Crippen LogP contribution >= 0.6 is 0 Å². The van der Waals surface area contributed by atoms with Gasteiger partial charge in [-0.25, -0.2) is 0 Å². The molecule has 1 aromatic rings. The predicted octanol–water partition coefficient (Wildman–Crippen LogP) is 3.00. The molecule has 1 saturated heterocycles. The normalized spacial score (nSPS) is 24.6. The Bertz CT molecular complexity index is 372. The summed E-state index contributed by atoms with van der Waals surface area (Å²) in [6.45, 7) is 4.71. The molecule has 2 heteroatoms. The van der Waals surface area contributed by atoms with Crippen LogP contribution < -0.4 is 0 Å². The Morgan fingerprint density at radius 2 is 2.06 bits per heavy atom. The second-order valence-electron chi connectivity index (χ2n) is 4.56. The van der Waals surface area contributed by atoms with Gasteiger partial charge in [-0.3, -0.25) is 4.79 Å². The topological polar surface area (TPSA) is 26.3 Å². The van der Waals surface area contributed by atoms with Crippen molar-refractivity contribution in [3.05, 3.63) is 35.4 Å². The van der Waals surface area contributed by atoms with Crippen LogP contribution in [0.25, 0.3) is 0 Å². The van der Waals surface area contributed by atoms with E-state index in [0.717, 1.165) is 24.8 Å². The molecule has 1 aromatic carbocycles. The number of ketones is 1. The second kappa shape index (κ2) is 4.38. The third-order valence-electron chi connectivity index (χ3n) is 3.32. The van der Waals surface area contributed by atoms with Crippen LogP contribution in [-0.4, -0.2) is 18.0 Å². The average Bonchev–Trinajstić information content (AvgIpc) is 2.77. The molecule has 0 N–H and O–H groups in total. The fourth-order valence-corrected chi connectivity index (χ4v) is 2.16. The molecule has 1 heterocycles. The van der Waals surface area contributed by atoms with Crippen molar-refractivity contribution in [2.45, 2.75) is 38.7 Å². The molecule has 0 amide bonds. The minimum atomic E-state index is -0.590. The summed E-state index contributed by atoms with van der Waals surface area (Å²) in [6, 6.07) is 7.86. The first-order chi connectivity index (χ1) is 7.65. The van der Waals surface area contributed by atoms with E-state index in [4.69, 9.17) is 4.74 Å². The maximum absolute atomic E-state index is 12.2. The minimum Gasteiger partial charge on any atom is -0.367 e. The fourth-order valence-electron chi connectivity index (χ4n) is 2.16. The summed E-state index contributed by atoms with van der Waals surface area (Å²) in [5.41, 5.74) is 1.43. The van der Waals surface area contributed by atoms with Gasteiger partial charge in [0.1, 0.15) is 5.60 Å². The molecule has 0 spiro atoms. The highest BCUT2D eigenvalue weighted by atomic mass is 16.5. The lowest BCUT2D eigenvalue weighted by molar-refractivity contribution is 0.0213. The Hall–Kier alpha value is -1.15. The molecule has 2 rings (SSSR count). The summed E-state index contributed by atoms with van der Waals surface area (Å²) in [6.07, 6.45) is 2.82. The Morgan fingerprint density at radius 3 is 2.56 bits per heavy atom. The van der Waals surface area contributed by atoms with Crippen LogP contribution in [0.2, 0.25) is 0 Å². The Balaban J connectivity index is 2.20. The molecule has 1 fully saturated rings. The molecule has 16 heavy (non-hydrogen) atoms. The van der Waals surface area contributed by atoms with Gasteiger partial charge in [0, 0.05) is 12.2 Å². The summed E-state index contributed by atoms with van der Waals surface area (Å²) in [5, 5.41) is 0. The number of carbonyl (C=O) groups is 1. The molecule has 1 unspecified atom stereocenters. The second-order valence-corrected chi connectivity index (χ2v) is 4.56. The largest absolute Gasteiger partial charge is 0.367 e. The molecule has 0 bridgehead atoms. The SMILES string of the molecule is CCc1ccc(C(=O)C2(C)CCCO2)cc1. The van der Waals surface area contributed by atoms with E-state index in [9.17, 15) is 4.79 Å². The van der Waals surface area contributed by atoms with E-state index in [2.05, 4.69) is 6.92 Å². The number of carbonyl (C=O) groups excluding carboxylic acids is 1. The van der Waals surface area contributed by atoms with E-state index in [1.165, 1.54) is 5.56 Å². The summed E-state index contributed by atoms with van der Waals surface area (Å²) in [4.78, 5) is 12.2. The zero-order valence-electron chi connectivity index (χ0n) is 9.95. The van der Waals surface area contributed by atoms with Crippen molar-refractivity contribution >= 4 is 5.78 Å². The number of benzene rings is 1. The predicted molar refractivity (Wildman–Crippen MR) is 63.7 cm³/mol. The zero-order valence-corrected chi connectivity index (χ0v) is 9.95. The number of Topliss-reactive ketones (excluding diaryl/α,β-unsaturated/α-hetero) is 1. The van der Waals surface area contributed by atoms with E-state index in [1.807, 2.05) is 31.2 Å². The monoisotopic (exact) mass is 218 g/mol. The van der Waals surface area contributed by atoms with Crippen LogP contribution in [0.5, 0.6) is 0 Å². The minimum absolute atomic E-state index is 0.118. The molecule has 0 aromatic heterocycles. The lowest BCUT2D eigenvalue weighted by Crippen LogP contribution is -2.34. The van der Waals surface area contributed by atoms with Gasteiger partial charge in [-0.05, 0) is 31.7 Å². The van der Waals surface area contributed by atoms with E-state index >= 15 is 0 Å². The molecule has 1 atom stereocenters. The molecular formula is C14H18O2. The standard InChI is InChI=1S/C14H18O2/c1-3-11-5-7-12(8-6-11)13(15)14(2)9-4-10-16-14/h5-8H,3-4,9-10H2,1-2H3. The van der Waals surface area contributed by atoms with Gasteiger partial charge in [-0.2, -0.15) is 0 Å². The number of aryl methyl sites for hydroxylation is 1. The van der Waals surface area contributed by atoms with Crippen LogP contribution in [0.15, 0.2) is 24.3 Å². The zero-order chi connectivity index (χ0) is 11.6. The Kier molecular flexibility index (Phi) is 3.10. The van der Waals surface area contributed by atoms with Crippen molar-refractivity contribution in [3.63, 3.8) is 0 Å². The van der Waals surface area contributed by atoms with Gasteiger partial charge < -0.3 is 4.74 Å². The molecule has 86 valence electrons. The lowest BCUT2D eigenvalue weighted by atomic mass is 9.91. The fraction of sp³-hybridized carbons (Fsp3) is 0.500. The summed E-state index contributed by atoms with van der Waals surface area (Å²) in [5.74, 6) is 0.118. The highest BCUT2D eigenvalue weighted by molar-refractivity contribution is 6.02. The third kappa shape index (κ3) is 2.03. The van der Waals surface area contributed by atoms with Gasteiger partial charge in [-0.1, -0.05) is 31.2 Å². The third-order valence-corrected chi connectivity index (χ3v) is 3.32. The van der Waals surface area contributed by atoms with Crippen molar-refractivity contribution in [2.75, 3.05) is 6.61 Å². The van der Waals surface area contributed by atoms with Gasteiger partial charge >= 0.3 is 0 Å². The van der Waals surface area contributed by atoms with Crippen LogP contribution in [-0.2, 0) is 11.2 Å². The van der Waals surface area contributed by atoms with E-state index in [1.54, 1.807) is 0 Å². The number of hydrogen-bond acceptors (Lipinski definition) is 2. The molecular weight excluding hydrogens is 200 g/mol. The van der Waals surface area contributed by atoms with Gasteiger partial charge in [-0.15, -0.1) is 0 Å². The Morgan fingerprint density at radius 1 is 1.38 bits per heavy atom. The van der Waals surface area contributed by atoms with Crippen molar-refractivity contribution in [1.82, 2.24) is 0 Å². The van der Waals surface area contributed by atoms with Crippen LogP contribution in [0, 0.1) is 0 Å². The maximum Gasteiger partial charge on any atom is 0.194 e. The molecule has 0 saturated carbocycles. The number of rotatable bonds is 3. The molecule has 0 radical (unpaired) electrons. The maximum atomic E-state index is 12.2. The molecule has 1 aliphatic heterocycles. The highest BCUT2D eigenvalue weighted by Gasteiger charge is 2.37. The van der Waals surface area contributed by atoms with Gasteiger partial charge in [0.15, 0.2) is 5.78 Å². The van der Waals surface area contributed by atoms with Crippen LogP contribution in [0.1, 0.15) is 42.6 Å². The summed E-state index contributed by atoms with van der Waals surface area (Å²) >= 11 is 0. The molecule has 0 aliphatic carbocycles. The van der Waals surface area contributed by atoms with E-state index < -0.39 is 5.60 Å². The van der Waals surface area contributed by atoms with Gasteiger partial charge in [0.2, 0.25) is 0 Å². The summed E-state index contributed by atoms with van der Waals surface area (Å²) in [7, 11) is 0. The van der Waals surface area contributed by atoms with Crippen molar-refractivity contribution in [3.8, 4) is 0 Å². The van der Waals surface area contributed by atoms with E-state index in [0.29, 0.717) is 6.61 Å². The lowest BCUT2D eigenvalue weighted by Gasteiger charge is -2.21. The Labute approximate surface area is 96.6 Å². The molecule has 2 nitrogen and oxygen atoms in total. The van der Waals surface area contributed by atoms with Crippen LogP contribution in [0.3, 0.4) is 0 Å². The quantitative estimate of drug-likeness (QED) is 0.729. The molecule has 1 aliphatic rings. The number of hydrogen-bond donors (Lipinski definition) is 0. The van der Waals surface area contributed by atoms with E-state index in [-0.39, 0.29) is 5.78 Å². The van der Waals surface area contributed by atoms with Crippen LogP contribution in [0.4, 0.5) is 0 Å². The van der Waals surface area contributed by atoms with Gasteiger partial charge in [0.05, 0.1) is 0 Å². The van der Waals surface area contributed by atoms with Crippen molar-refractivity contribution < 1.29 is 9.53 Å². The van der Waals surface area contributed by atoms with Crippen molar-refractivity contribution in [1.29, 1.82) is 0 Å². The summed E-state index contributed by atoms with van der Waals surface area (Å²) < 4.78 is 5.56. The van der Waals surface area contributed by atoms with Gasteiger partial charge in [0.25, 0.3) is 0 Å². The first kappa shape index (κ1) is 11.3. The first-order valence-corrected chi connectivity index (χ1v) is 5.93. The number of ether oxygens (including phenoxy) is 1. The highest BCUT2D eigenvalue weighted by Crippen LogP contribution is 2.28. The smallest absolute Gasteiger partial charge is 0.194 e.